The second kappa shape index (κ2) is 6.24. The Morgan fingerprint density at radius 3 is 2.55 bits per heavy atom. The number of aliphatic hydroxyl groups is 1. The first-order valence-corrected chi connectivity index (χ1v) is 8.09. The molecule has 1 aromatic carbocycles. The van der Waals surface area contributed by atoms with Gasteiger partial charge in [-0.05, 0) is 23.8 Å². The minimum atomic E-state index is -3.57. The largest absolute Gasteiger partial charge is 0.390 e. The van der Waals surface area contributed by atoms with E-state index in [9.17, 15) is 13.5 Å². The van der Waals surface area contributed by atoms with Crippen LogP contribution in [-0.2, 0) is 10.0 Å². The zero-order valence-corrected chi connectivity index (χ0v) is 12.6. The molecule has 1 aliphatic heterocycles. The first kappa shape index (κ1) is 15.5. The van der Waals surface area contributed by atoms with Crippen LogP contribution >= 0.6 is 11.6 Å². The fraction of sp³-hybridized carbons (Fsp3) is 0.385. The molecule has 0 unspecified atom stereocenters. The fourth-order valence-electron chi connectivity index (χ4n) is 2.05. The molecule has 0 radical (unpaired) electrons. The van der Waals surface area contributed by atoms with Crippen molar-refractivity contribution in [2.45, 2.75) is 12.1 Å². The second-order valence-corrected chi connectivity index (χ2v) is 7.02. The van der Waals surface area contributed by atoms with Crippen LogP contribution in [-0.4, -0.2) is 50.1 Å². The molecule has 1 aliphatic rings. The van der Waals surface area contributed by atoms with Crippen molar-refractivity contribution in [3.63, 3.8) is 0 Å². The lowest BCUT2D eigenvalue weighted by atomic mass is 10.2. The van der Waals surface area contributed by atoms with Gasteiger partial charge in [-0.3, -0.25) is 0 Å². The number of halogens is 1. The number of likely N-dealkylation sites (N-methyl/N-ethyl adjacent to an activating group) is 1. The smallest absolute Gasteiger partial charge is 0.236 e. The zero-order valence-electron chi connectivity index (χ0n) is 11.0. The van der Waals surface area contributed by atoms with Crippen molar-refractivity contribution in [2.24, 2.45) is 0 Å². The average molecular weight is 317 g/mol. The molecule has 20 heavy (non-hydrogen) atoms. The van der Waals surface area contributed by atoms with Gasteiger partial charge in [0, 0.05) is 30.6 Å². The minimum Gasteiger partial charge on any atom is -0.390 e. The normalized spacial score (nSPS) is 23.8. The predicted molar refractivity (Wildman–Crippen MR) is 79.8 cm³/mol. The maximum absolute atomic E-state index is 12.2. The molecule has 0 spiro atoms. The summed E-state index contributed by atoms with van der Waals surface area (Å²) < 4.78 is 25.6. The summed E-state index contributed by atoms with van der Waals surface area (Å²) in [5.74, 6) is 0. The Morgan fingerprint density at radius 1 is 1.35 bits per heavy atom. The Bertz CT molecular complexity index is 586. The minimum absolute atomic E-state index is 0.408. The monoisotopic (exact) mass is 316 g/mol. The summed E-state index contributed by atoms with van der Waals surface area (Å²) in [7, 11) is -2.09. The Labute approximate surface area is 123 Å². The number of β-amino-alcohol motifs (C(OH)–C–C–N with tert-alkyl or cyclic N) is 1. The van der Waals surface area contributed by atoms with E-state index in [-0.39, 0.29) is 0 Å². The van der Waals surface area contributed by atoms with E-state index in [1.165, 1.54) is 17.4 Å². The summed E-state index contributed by atoms with van der Waals surface area (Å²) in [5, 5.41) is 14.4. The summed E-state index contributed by atoms with van der Waals surface area (Å²) in [6, 6.07) is 6.43. The van der Waals surface area contributed by atoms with Crippen LogP contribution in [0.2, 0.25) is 5.02 Å². The summed E-state index contributed by atoms with van der Waals surface area (Å²) in [5.41, 5.74) is 0.747. The molecule has 5 nitrogen and oxygen atoms in total. The van der Waals surface area contributed by atoms with Crippen LogP contribution in [0.25, 0.3) is 6.08 Å². The molecule has 1 aromatic rings. The average Bonchev–Trinajstić information content (AvgIpc) is 2.83. The van der Waals surface area contributed by atoms with Crippen LogP contribution in [0.5, 0.6) is 0 Å². The van der Waals surface area contributed by atoms with Crippen molar-refractivity contribution in [2.75, 3.05) is 20.1 Å². The standard InChI is InChI=1S/C13H17ClN2O3S/c1-16(12-8-15-9-13(12)17)20(18,19)7-6-10-2-4-11(14)5-3-10/h2-7,12-13,15,17H,8-9H2,1H3/b7-6+/t12-,13-/m0/s1. The third kappa shape index (κ3) is 3.59. The molecule has 0 saturated carbocycles. The molecule has 2 atom stereocenters. The molecule has 0 aliphatic carbocycles. The van der Waals surface area contributed by atoms with Crippen molar-refractivity contribution in [3.05, 3.63) is 40.3 Å². The number of sulfonamides is 1. The van der Waals surface area contributed by atoms with Gasteiger partial charge in [-0.15, -0.1) is 0 Å². The topological polar surface area (TPSA) is 69.6 Å². The Hall–Kier alpha value is -0.920. The van der Waals surface area contributed by atoms with Gasteiger partial charge in [-0.1, -0.05) is 23.7 Å². The highest BCUT2D eigenvalue weighted by Gasteiger charge is 2.33. The number of hydrogen-bond donors (Lipinski definition) is 2. The van der Waals surface area contributed by atoms with Gasteiger partial charge in [0.25, 0.3) is 0 Å². The lowest BCUT2D eigenvalue weighted by Gasteiger charge is -2.24. The molecule has 2 N–H and O–H groups in total. The summed E-state index contributed by atoms with van der Waals surface area (Å²) in [4.78, 5) is 0. The molecule has 1 heterocycles. The molecule has 2 rings (SSSR count). The second-order valence-electron chi connectivity index (χ2n) is 4.71. The van der Waals surface area contributed by atoms with Crippen LogP contribution in [0, 0.1) is 0 Å². The summed E-state index contributed by atoms with van der Waals surface area (Å²) in [6.45, 7) is 0.858. The van der Waals surface area contributed by atoms with Crippen molar-refractivity contribution in [1.82, 2.24) is 9.62 Å². The highest BCUT2D eigenvalue weighted by atomic mass is 35.5. The fourth-order valence-corrected chi connectivity index (χ4v) is 3.28. The number of hydrogen-bond acceptors (Lipinski definition) is 4. The molecular weight excluding hydrogens is 300 g/mol. The predicted octanol–water partition coefficient (Wildman–Crippen LogP) is 0.905. The van der Waals surface area contributed by atoms with Crippen LogP contribution in [0.4, 0.5) is 0 Å². The number of rotatable bonds is 4. The first-order valence-electron chi connectivity index (χ1n) is 6.20. The molecule has 1 fully saturated rings. The Kier molecular flexibility index (Phi) is 4.82. The van der Waals surface area contributed by atoms with E-state index in [0.717, 1.165) is 11.0 Å². The SMILES string of the molecule is CN([C@H]1CNC[C@@H]1O)S(=O)(=O)/C=C/c1ccc(Cl)cc1. The van der Waals surface area contributed by atoms with Crippen LogP contribution in [0.15, 0.2) is 29.7 Å². The van der Waals surface area contributed by atoms with Gasteiger partial charge in [0.15, 0.2) is 0 Å². The van der Waals surface area contributed by atoms with E-state index in [1.54, 1.807) is 24.3 Å². The summed E-state index contributed by atoms with van der Waals surface area (Å²) in [6.07, 6.45) is 0.829. The lowest BCUT2D eigenvalue weighted by Crippen LogP contribution is -2.43. The molecular formula is C13H17ClN2O3S. The Balaban J connectivity index is 2.12. The number of nitrogens with zero attached hydrogens (tertiary/aromatic N) is 1. The molecule has 110 valence electrons. The van der Waals surface area contributed by atoms with Gasteiger partial charge < -0.3 is 10.4 Å². The van der Waals surface area contributed by atoms with Crippen molar-refractivity contribution < 1.29 is 13.5 Å². The quantitative estimate of drug-likeness (QED) is 0.866. The molecule has 0 bridgehead atoms. The third-order valence-corrected chi connectivity index (χ3v) is 5.13. The maximum atomic E-state index is 12.2. The van der Waals surface area contributed by atoms with E-state index >= 15 is 0 Å². The van der Waals surface area contributed by atoms with E-state index in [1.807, 2.05) is 0 Å². The third-order valence-electron chi connectivity index (χ3n) is 3.32. The van der Waals surface area contributed by atoms with E-state index < -0.39 is 22.2 Å². The van der Waals surface area contributed by atoms with E-state index in [4.69, 9.17) is 11.6 Å². The maximum Gasteiger partial charge on any atom is 0.236 e. The van der Waals surface area contributed by atoms with Gasteiger partial charge >= 0.3 is 0 Å². The zero-order chi connectivity index (χ0) is 14.8. The van der Waals surface area contributed by atoms with Crippen LogP contribution in [0.3, 0.4) is 0 Å². The van der Waals surface area contributed by atoms with E-state index in [0.29, 0.717) is 18.1 Å². The van der Waals surface area contributed by atoms with Gasteiger partial charge in [-0.25, -0.2) is 8.42 Å². The van der Waals surface area contributed by atoms with Crippen molar-refractivity contribution in [3.8, 4) is 0 Å². The van der Waals surface area contributed by atoms with Gasteiger partial charge in [0.05, 0.1) is 12.1 Å². The van der Waals surface area contributed by atoms with Gasteiger partial charge in [0.1, 0.15) is 0 Å². The first-order chi connectivity index (χ1) is 9.40. The van der Waals surface area contributed by atoms with Gasteiger partial charge in [-0.2, -0.15) is 4.31 Å². The number of aliphatic hydroxyl groups excluding tert-OH is 1. The molecule has 0 amide bonds. The van der Waals surface area contributed by atoms with E-state index in [2.05, 4.69) is 5.32 Å². The number of benzene rings is 1. The Morgan fingerprint density at radius 2 is 2.00 bits per heavy atom. The van der Waals surface area contributed by atoms with Crippen molar-refractivity contribution in [1.29, 1.82) is 0 Å². The highest BCUT2D eigenvalue weighted by Crippen LogP contribution is 2.15. The van der Waals surface area contributed by atoms with Gasteiger partial charge in [0.2, 0.25) is 10.0 Å². The molecule has 0 aromatic heterocycles. The van der Waals surface area contributed by atoms with Crippen molar-refractivity contribution >= 4 is 27.7 Å². The number of nitrogens with one attached hydrogen (secondary N) is 1. The molecule has 1 saturated heterocycles. The lowest BCUT2D eigenvalue weighted by molar-refractivity contribution is 0.137. The molecule has 7 heteroatoms. The highest BCUT2D eigenvalue weighted by molar-refractivity contribution is 7.92. The van der Waals surface area contributed by atoms with Crippen LogP contribution in [0.1, 0.15) is 5.56 Å². The summed E-state index contributed by atoms with van der Waals surface area (Å²) >= 11 is 5.77. The van der Waals surface area contributed by atoms with Crippen LogP contribution < -0.4 is 5.32 Å².